The first kappa shape index (κ1) is 12.5. The van der Waals surface area contributed by atoms with Crippen LogP contribution in [0.5, 0.6) is 0 Å². The van der Waals surface area contributed by atoms with Gasteiger partial charge in [0.15, 0.2) is 5.43 Å². The third-order valence-electron chi connectivity index (χ3n) is 2.25. The maximum atomic E-state index is 13.2. The van der Waals surface area contributed by atoms with Crippen molar-refractivity contribution in [2.45, 2.75) is 0 Å². The number of pyridine rings is 1. The average molecular weight is 311 g/mol. The molecular weight excluding hydrogens is 303 g/mol. The van der Waals surface area contributed by atoms with Crippen LogP contribution in [0, 0.1) is 5.82 Å². The van der Waals surface area contributed by atoms with E-state index in [1.807, 2.05) is 0 Å². The number of aromatic nitrogens is 1. The Bertz CT molecular complexity index is 655. The van der Waals surface area contributed by atoms with Gasteiger partial charge in [0.2, 0.25) is 0 Å². The van der Waals surface area contributed by atoms with E-state index in [2.05, 4.69) is 26.2 Å². The van der Waals surface area contributed by atoms with Gasteiger partial charge in [-0.15, -0.1) is 0 Å². The van der Waals surface area contributed by atoms with E-state index in [1.165, 1.54) is 36.7 Å². The van der Waals surface area contributed by atoms with E-state index in [9.17, 15) is 14.0 Å². The van der Waals surface area contributed by atoms with Crippen LogP contribution in [0.15, 0.2) is 45.9 Å². The predicted molar refractivity (Wildman–Crippen MR) is 69.1 cm³/mol. The van der Waals surface area contributed by atoms with Crippen molar-refractivity contribution in [3.05, 3.63) is 62.7 Å². The molecule has 1 aromatic carbocycles. The number of hydrogen-bond donors (Lipinski definition) is 2. The van der Waals surface area contributed by atoms with Crippen molar-refractivity contribution in [2.75, 3.05) is 5.32 Å². The summed E-state index contributed by atoms with van der Waals surface area (Å²) < 4.78 is 13.5. The Kier molecular flexibility index (Phi) is 3.57. The van der Waals surface area contributed by atoms with Crippen LogP contribution in [-0.2, 0) is 0 Å². The highest BCUT2D eigenvalue weighted by atomic mass is 79.9. The molecule has 0 bridgehead atoms. The maximum Gasteiger partial charge on any atom is 0.261 e. The Labute approximate surface area is 110 Å². The first-order chi connectivity index (χ1) is 8.58. The first-order valence-electron chi connectivity index (χ1n) is 5.01. The highest BCUT2D eigenvalue weighted by Crippen LogP contribution is 2.19. The van der Waals surface area contributed by atoms with Crippen molar-refractivity contribution in [1.82, 2.24) is 4.98 Å². The van der Waals surface area contributed by atoms with E-state index < -0.39 is 17.2 Å². The molecule has 0 aliphatic rings. The summed E-state index contributed by atoms with van der Waals surface area (Å²) in [5, 5.41) is 2.45. The molecule has 0 saturated heterocycles. The zero-order valence-corrected chi connectivity index (χ0v) is 10.6. The second kappa shape index (κ2) is 5.14. The quantitative estimate of drug-likeness (QED) is 0.895. The van der Waals surface area contributed by atoms with E-state index >= 15 is 0 Å². The second-order valence-corrected chi connectivity index (χ2v) is 4.36. The lowest BCUT2D eigenvalue weighted by Gasteiger charge is -2.05. The van der Waals surface area contributed by atoms with Gasteiger partial charge in [-0.25, -0.2) is 4.39 Å². The SMILES string of the molecule is O=C(Nc1ccc(Br)c(F)c1)c1c[nH]ccc1=O. The maximum absolute atomic E-state index is 13.2. The summed E-state index contributed by atoms with van der Waals surface area (Å²) in [6.07, 6.45) is 2.73. The minimum Gasteiger partial charge on any atom is -0.367 e. The van der Waals surface area contributed by atoms with Crippen molar-refractivity contribution in [3.8, 4) is 0 Å². The Morgan fingerprint density at radius 3 is 2.78 bits per heavy atom. The molecule has 1 amide bonds. The fourth-order valence-corrected chi connectivity index (χ4v) is 1.61. The molecule has 92 valence electrons. The summed E-state index contributed by atoms with van der Waals surface area (Å²) in [6, 6.07) is 5.42. The zero-order chi connectivity index (χ0) is 13.1. The van der Waals surface area contributed by atoms with Crippen LogP contribution in [0.25, 0.3) is 0 Å². The summed E-state index contributed by atoms with van der Waals surface area (Å²) in [5.74, 6) is -1.08. The summed E-state index contributed by atoms with van der Waals surface area (Å²) in [4.78, 5) is 25.8. The Hall–Kier alpha value is -1.95. The van der Waals surface area contributed by atoms with E-state index in [0.717, 1.165) is 0 Å². The van der Waals surface area contributed by atoms with Crippen LogP contribution >= 0.6 is 15.9 Å². The Balaban J connectivity index is 2.24. The molecule has 4 nitrogen and oxygen atoms in total. The fourth-order valence-electron chi connectivity index (χ4n) is 1.37. The van der Waals surface area contributed by atoms with Crippen LogP contribution in [0.1, 0.15) is 10.4 Å². The summed E-state index contributed by atoms with van der Waals surface area (Å²) >= 11 is 3.01. The van der Waals surface area contributed by atoms with Gasteiger partial charge in [-0.3, -0.25) is 9.59 Å². The van der Waals surface area contributed by atoms with Crippen molar-refractivity contribution < 1.29 is 9.18 Å². The molecule has 0 unspecified atom stereocenters. The number of carbonyl (C=O) groups excluding carboxylic acids is 1. The van der Waals surface area contributed by atoms with Gasteiger partial charge in [0.25, 0.3) is 5.91 Å². The molecule has 0 radical (unpaired) electrons. The number of hydrogen-bond acceptors (Lipinski definition) is 2. The third kappa shape index (κ3) is 2.65. The normalized spacial score (nSPS) is 10.1. The minimum absolute atomic E-state index is 0.0270. The minimum atomic E-state index is -0.585. The lowest BCUT2D eigenvalue weighted by atomic mass is 10.2. The topological polar surface area (TPSA) is 62.0 Å². The number of H-pyrrole nitrogens is 1. The molecule has 0 aliphatic heterocycles. The van der Waals surface area contributed by atoms with Crippen LogP contribution in [0.2, 0.25) is 0 Å². The molecule has 18 heavy (non-hydrogen) atoms. The number of nitrogens with one attached hydrogen (secondary N) is 2. The smallest absolute Gasteiger partial charge is 0.261 e. The highest BCUT2D eigenvalue weighted by molar-refractivity contribution is 9.10. The molecule has 0 fully saturated rings. The molecule has 0 saturated carbocycles. The number of anilines is 1. The van der Waals surface area contributed by atoms with Gasteiger partial charge in [-0.2, -0.15) is 0 Å². The molecule has 6 heteroatoms. The number of carbonyl (C=O) groups is 1. The largest absolute Gasteiger partial charge is 0.367 e. The lowest BCUT2D eigenvalue weighted by Crippen LogP contribution is -2.20. The summed E-state index contributed by atoms with van der Waals surface area (Å²) in [5.41, 5.74) is -0.145. The van der Waals surface area contributed by atoms with Crippen molar-refractivity contribution in [2.24, 2.45) is 0 Å². The monoisotopic (exact) mass is 310 g/mol. The average Bonchev–Trinajstić information content (AvgIpc) is 2.34. The van der Waals surface area contributed by atoms with Gasteiger partial charge in [-0.1, -0.05) is 0 Å². The second-order valence-electron chi connectivity index (χ2n) is 3.51. The first-order valence-corrected chi connectivity index (χ1v) is 5.81. The number of benzene rings is 1. The van der Waals surface area contributed by atoms with Crippen molar-refractivity contribution in [3.63, 3.8) is 0 Å². The highest BCUT2D eigenvalue weighted by Gasteiger charge is 2.10. The van der Waals surface area contributed by atoms with Crippen LogP contribution in [0.3, 0.4) is 0 Å². The van der Waals surface area contributed by atoms with E-state index in [1.54, 1.807) is 0 Å². The van der Waals surface area contributed by atoms with Gasteiger partial charge in [0.05, 0.1) is 4.47 Å². The van der Waals surface area contributed by atoms with Crippen LogP contribution in [-0.4, -0.2) is 10.9 Å². The molecule has 0 spiro atoms. The van der Waals surface area contributed by atoms with E-state index in [-0.39, 0.29) is 11.3 Å². The number of halogens is 2. The molecule has 2 rings (SSSR count). The van der Waals surface area contributed by atoms with E-state index in [0.29, 0.717) is 4.47 Å². The van der Waals surface area contributed by atoms with Gasteiger partial charge >= 0.3 is 0 Å². The molecule has 2 N–H and O–H groups in total. The fraction of sp³-hybridized carbons (Fsp3) is 0. The van der Waals surface area contributed by atoms with Gasteiger partial charge in [0.1, 0.15) is 11.4 Å². The molecule has 2 aromatic rings. The number of amides is 1. The molecule has 0 aliphatic carbocycles. The molecule has 0 atom stereocenters. The van der Waals surface area contributed by atoms with Gasteiger partial charge < -0.3 is 10.3 Å². The van der Waals surface area contributed by atoms with Gasteiger partial charge in [-0.05, 0) is 34.1 Å². The summed E-state index contributed by atoms with van der Waals surface area (Å²) in [6.45, 7) is 0. The zero-order valence-electron chi connectivity index (χ0n) is 9.04. The third-order valence-corrected chi connectivity index (χ3v) is 2.89. The predicted octanol–water partition coefficient (Wildman–Crippen LogP) is 2.53. The van der Waals surface area contributed by atoms with Crippen LogP contribution in [0.4, 0.5) is 10.1 Å². The molecule has 1 heterocycles. The van der Waals surface area contributed by atoms with Crippen molar-refractivity contribution >= 4 is 27.5 Å². The summed E-state index contributed by atoms with van der Waals surface area (Å²) in [7, 11) is 0. The molecule has 1 aromatic heterocycles. The van der Waals surface area contributed by atoms with Crippen molar-refractivity contribution in [1.29, 1.82) is 0 Å². The van der Waals surface area contributed by atoms with Crippen LogP contribution < -0.4 is 10.7 Å². The standard InChI is InChI=1S/C12H8BrFN2O2/c13-9-2-1-7(5-10(9)14)16-12(18)8-6-15-4-3-11(8)17/h1-6H,(H,15,17)(H,16,18). The Morgan fingerprint density at radius 1 is 1.33 bits per heavy atom. The lowest BCUT2D eigenvalue weighted by molar-refractivity contribution is 0.102. The molecular formula is C12H8BrFN2O2. The number of aromatic amines is 1. The van der Waals surface area contributed by atoms with Gasteiger partial charge in [0, 0.05) is 24.1 Å². The Morgan fingerprint density at radius 2 is 2.11 bits per heavy atom. The number of rotatable bonds is 2. The van der Waals surface area contributed by atoms with E-state index in [4.69, 9.17) is 0 Å².